The predicted octanol–water partition coefficient (Wildman–Crippen LogP) is 0.540. The highest BCUT2D eigenvalue weighted by Crippen LogP contribution is 2.16. The zero-order valence-electron chi connectivity index (χ0n) is 12.2. The van der Waals surface area contributed by atoms with Gasteiger partial charge in [0.1, 0.15) is 18.3 Å². The summed E-state index contributed by atoms with van der Waals surface area (Å²) in [6.07, 6.45) is 0.979. The van der Waals surface area contributed by atoms with E-state index in [4.69, 9.17) is 28.4 Å². The van der Waals surface area contributed by atoms with Crippen molar-refractivity contribution in [3.8, 4) is 0 Å². The Morgan fingerprint density at radius 1 is 0.810 bits per heavy atom. The van der Waals surface area contributed by atoms with E-state index in [1.165, 1.54) is 0 Å². The topological polar surface area (TPSA) is 65.3 Å². The molecule has 122 valence electrons. The van der Waals surface area contributed by atoms with Gasteiger partial charge in [-0.1, -0.05) is 0 Å². The van der Waals surface area contributed by atoms with E-state index in [0.29, 0.717) is 63.2 Å². The van der Waals surface area contributed by atoms with E-state index in [2.05, 4.69) is 0 Å². The van der Waals surface area contributed by atoms with Crippen LogP contribution in [-0.2, 0) is 28.4 Å². The third kappa shape index (κ3) is 7.78. The summed E-state index contributed by atoms with van der Waals surface area (Å²) in [6.45, 7) is 6.06. The monoisotopic (exact) mass is 320 g/mol. The summed E-state index contributed by atoms with van der Waals surface area (Å²) >= 11 is 1.78. The average Bonchev–Trinajstić information content (AvgIpc) is 3.34. The first-order valence-corrected chi connectivity index (χ1v) is 8.71. The first kappa shape index (κ1) is 16.0. The molecule has 3 unspecified atom stereocenters. The number of hydrogen-bond acceptors (Lipinski definition) is 7. The van der Waals surface area contributed by atoms with Gasteiger partial charge in [-0.25, -0.2) is 0 Å². The van der Waals surface area contributed by atoms with Crippen LogP contribution in [0, 0.1) is 5.92 Å². The number of epoxide rings is 3. The van der Waals surface area contributed by atoms with Gasteiger partial charge in [0.25, 0.3) is 0 Å². The lowest BCUT2D eigenvalue weighted by atomic mass is 10.2. The van der Waals surface area contributed by atoms with Crippen LogP contribution in [-0.4, -0.2) is 82.9 Å². The Kier molecular flexibility index (Phi) is 6.60. The van der Waals surface area contributed by atoms with Gasteiger partial charge in [0, 0.05) is 11.7 Å². The molecule has 3 atom stereocenters. The quantitative estimate of drug-likeness (QED) is 0.263. The van der Waals surface area contributed by atoms with Crippen LogP contribution in [0.1, 0.15) is 0 Å². The van der Waals surface area contributed by atoms with Gasteiger partial charge in [-0.15, -0.1) is 11.8 Å². The minimum Gasteiger partial charge on any atom is -0.378 e. The van der Waals surface area contributed by atoms with Crippen molar-refractivity contribution in [2.45, 2.75) is 18.3 Å². The Morgan fingerprint density at radius 2 is 1.29 bits per heavy atom. The maximum absolute atomic E-state index is 5.69. The summed E-state index contributed by atoms with van der Waals surface area (Å²) in [6, 6.07) is 0. The molecule has 0 radical (unpaired) electrons. The second-order valence-corrected chi connectivity index (χ2v) is 6.64. The third-order valence-corrected chi connectivity index (χ3v) is 4.39. The van der Waals surface area contributed by atoms with Gasteiger partial charge in [-0.3, -0.25) is 0 Å². The highest BCUT2D eigenvalue weighted by molar-refractivity contribution is 7.99. The van der Waals surface area contributed by atoms with E-state index in [-0.39, 0.29) is 0 Å². The van der Waals surface area contributed by atoms with Crippen LogP contribution in [0.15, 0.2) is 0 Å². The largest absolute Gasteiger partial charge is 0.378 e. The molecule has 3 rings (SSSR count). The predicted molar refractivity (Wildman–Crippen MR) is 77.6 cm³/mol. The SMILES string of the molecule is C(OCC1CO1)SCC(COCC1CO1)COCC1CO1. The maximum Gasteiger partial charge on any atom is 0.104 e. The van der Waals surface area contributed by atoms with Gasteiger partial charge in [0.05, 0.1) is 58.8 Å². The lowest BCUT2D eigenvalue weighted by Crippen LogP contribution is -2.21. The van der Waals surface area contributed by atoms with E-state index in [1.54, 1.807) is 11.8 Å². The number of ether oxygens (including phenoxy) is 6. The molecule has 0 saturated carbocycles. The molecule has 0 spiro atoms. The van der Waals surface area contributed by atoms with Crippen molar-refractivity contribution in [1.29, 1.82) is 0 Å². The van der Waals surface area contributed by atoms with Crippen LogP contribution in [0.5, 0.6) is 0 Å². The van der Waals surface area contributed by atoms with Crippen molar-refractivity contribution in [2.75, 3.05) is 64.5 Å². The smallest absolute Gasteiger partial charge is 0.104 e. The van der Waals surface area contributed by atoms with Gasteiger partial charge < -0.3 is 28.4 Å². The van der Waals surface area contributed by atoms with E-state index < -0.39 is 0 Å². The fraction of sp³-hybridized carbons (Fsp3) is 1.00. The standard InChI is InChI=1S/C14H24O6S/c1(15-3-12-6-18-12)11(2-16-4-13-7-19-13)9-21-10-17-5-14-8-20-14/h11-14H,1-10H2. The zero-order valence-corrected chi connectivity index (χ0v) is 13.1. The van der Waals surface area contributed by atoms with Gasteiger partial charge >= 0.3 is 0 Å². The van der Waals surface area contributed by atoms with Crippen molar-refractivity contribution < 1.29 is 28.4 Å². The van der Waals surface area contributed by atoms with E-state index in [9.17, 15) is 0 Å². The second-order valence-electron chi connectivity index (χ2n) is 5.67. The fourth-order valence-electron chi connectivity index (χ4n) is 1.82. The van der Waals surface area contributed by atoms with Crippen LogP contribution in [0.2, 0.25) is 0 Å². The Labute approximate surface area is 129 Å². The zero-order chi connectivity index (χ0) is 14.3. The summed E-state index contributed by atoms with van der Waals surface area (Å²) in [5.41, 5.74) is 0. The molecule has 7 heteroatoms. The third-order valence-electron chi connectivity index (χ3n) is 3.35. The number of rotatable bonds is 14. The molecular formula is C14H24O6S. The fourth-order valence-corrected chi connectivity index (χ4v) is 2.66. The normalized spacial score (nSPS) is 31.1. The lowest BCUT2D eigenvalue weighted by Gasteiger charge is -2.16. The molecular weight excluding hydrogens is 296 g/mol. The number of hydrogen-bond donors (Lipinski definition) is 0. The summed E-state index contributed by atoms with van der Waals surface area (Å²) < 4.78 is 32.3. The van der Waals surface area contributed by atoms with E-state index in [1.807, 2.05) is 0 Å². The molecule has 3 heterocycles. The molecule has 0 aromatic carbocycles. The molecule has 0 aliphatic carbocycles. The molecule has 0 amide bonds. The highest BCUT2D eigenvalue weighted by Gasteiger charge is 2.25. The van der Waals surface area contributed by atoms with Crippen LogP contribution in [0.25, 0.3) is 0 Å². The van der Waals surface area contributed by atoms with Crippen molar-refractivity contribution in [3.05, 3.63) is 0 Å². The Bertz CT molecular complexity index is 275. The molecule has 6 nitrogen and oxygen atoms in total. The summed E-state index contributed by atoms with van der Waals surface area (Å²) in [7, 11) is 0. The van der Waals surface area contributed by atoms with Gasteiger partial charge in [-0.2, -0.15) is 0 Å². The summed E-state index contributed by atoms with van der Waals surface area (Å²) in [4.78, 5) is 0. The second kappa shape index (κ2) is 8.67. The molecule has 0 N–H and O–H groups in total. The summed E-state index contributed by atoms with van der Waals surface area (Å²) in [5.74, 6) is 2.06. The Hall–Kier alpha value is 0.110. The average molecular weight is 320 g/mol. The molecule has 0 aromatic rings. The molecule has 3 aliphatic heterocycles. The molecule has 0 aromatic heterocycles. The van der Waals surface area contributed by atoms with Crippen LogP contribution >= 0.6 is 11.8 Å². The van der Waals surface area contributed by atoms with Crippen LogP contribution < -0.4 is 0 Å². The highest BCUT2D eigenvalue weighted by atomic mass is 32.2. The van der Waals surface area contributed by atoms with Crippen molar-refractivity contribution >= 4 is 11.8 Å². The van der Waals surface area contributed by atoms with Gasteiger partial charge in [-0.05, 0) is 0 Å². The molecule has 3 aliphatic rings. The Balaban J connectivity index is 1.22. The molecule has 3 saturated heterocycles. The number of thioether (sulfide) groups is 1. The van der Waals surface area contributed by atoms with Gasteiger partial charge in [0.15, 0.2) is 0 Å². The van der Waals surface area contributed by atoms with Crippen molar-refractivity contribution in [1.82, 2.24) is 0 Å². The summed E-state index contributed by atoms with van der Waals surface area (Å²) in [5, 5.41) is 0. The minimum atomic E-state index is 0.320. The van der Waals surface area contributed by atoms with Crippen molar-refractivity contribution in [3.63, 3.8) is 0 Å². The van der Waals surface area contributed by atoms with Gasteiger partial charge in [0.2, 0.25) is 0 Å². The van der Waals surface area contributed by atoms with Crippen LogP contribution in [0.4, 0.5) is 0 Å². The van der Waals surface area contributed by atoms with E-state index in [0.717, 1.165) is 25.6 Å². The first-order valence-electron chi connectivity index (χ1n) is 7.56. The minimum absolute atomic E-state index is 0.320. The van der Waals surface area contributed by atoms with Crippen LogP contribution in [0.3, 0.4) is 0 Å². The molecule has 21 heavy (non-hydrogen) atoms. The van der Waals surface area contributed by atoms with E-state index >= 15 is 0 Å². The first-order chi connectivity index (χ1) is 10.4. The van der Waals surface area contributed by atoms with Crippen molar-refractivity contribution in [2.24, 2.45) is 5.92 Å². The lowest BCUT2D eigenvalue weighted by molar-refractivity contribution is 0.0373. The molecule has 3 fully saturated rings. The Morgan fingerprint density at radius 3 is 1.76 bits per heavy atom. The molecule has 0 bridgehead atoms. The maximum atomic E-state index is 5.69.